The lowest BCUT2D eigenvalue weighted by Crippen LogP contribution is -2.47. The molecule has 12 nitrogen and oxygen atoms in total. The molecule has 10 rings (SSSR count). The first kappa shape index (κ1) is 77.1. The number of phenolic OH excluding ortho intramolecular Hbond substituents is 2. The van der Waals surface area contributed by atoms with Gasteiger partial charge in [0.15, 0.2) is 0 Å². The van der Waals surface area contributed by atoms with Crippen molar-refractivity contribution in [3.05, 3.63) is 141 Å². The minimum absolute atomic E-state index is 0.0667. The normalized spacial score (nSPS) is 23.9. The zero-order valence-electron chi connectivity index (χ0n) is 63.3. The van der Waals surface area contributed by atoms with E-state index >= 15 is 0 Å². The highest BCUT2D eigenvalue weighted by molar-refractivity contribution is 6.31. The summed E-state index contributed by atoms with van der Waals surface area (Å²) in [5.41, 5.74) is 10.3. The fraction of sp³-hybridized carbons (Fsp3) is 0.591. The van der Waals surface area contributed by atoms with E-state index in [1.54, 1.807) is 12.1 Å². The highest BCUT2D eigenvalue weighted by atomic mass is 16.6. The van der Waals surface area contributed by atoms with Crippen LogP contribution in [0.3, 0.4) is 0 Å². The number of unbranched alkanes of at least 4 members (excludes halogenated alkanes) is 8. The highest BCUT2D eigenvalue weighted by Crippen LogP contribution is 2.58. The largest absolute Gasteiger partial charge is 0.507 e. The van der Waals surface area contributed by atoms with Gasteiger partial charge >= 0.3 is 23.9 Å². The van der Waals surface area contributed by atoms with Crippen molar-refractivity contribution in [2.75, 3.05) is 0 Å². The Balaban J connectivity index is 0.000000233. The van der Waals surface area contributed by atoms with Crippen LogP contribution < -0.4 is 28.4 Å². The van der Waals surface area contributed by atoms with E-state index in [4.69, 9.17) is 28.4 Å². The lowest BCUT2D eigenvalue weighted by molar-refractivity contribution is -0.156. The molecule has 6 aliphatic rings. The third-order valence-corrected chi connectivity index (χ3v) is 23.0. The predicted molar refractivity (Wildman–Crippen MR) is 401 cm³/mol. The molecule has 0 unspecified atom stereocenters. The minimum Gasteiger partial charge on any atom is -0.507 e. The summed E-state index contributed by atoms with van der Waals surface area (Å²) < 4.78 is 37.5. The monoisotopic (exact) mass is 1370 g/mol. The smallest absolute Gasteiger partial charge is 0.423 e. The predicted octanol–water partition coefficient (Wildman–Crippen LogP) is 22.2. The van der Waals surface area contributed by atoms with E-state index < -0.39 is 23.9 Å². The van der Waals surface area contributed by atoms with Gasteiger partial charge in [0, 0.05) is 45.9 Å². The first-order valence-corrected chi connectivity index (χ1v) is 38.6. The van der Waals surface area contributed by atoms with Crippen LogP contribution in [0.25, 0.3) is 0 Å². The second-order valence-corrected chi connectivity index (χ2v) is 32.2. The molecule has 2 aliphatic heterocycles. The molecule has 0 spiro atoms. The Hall–Kier alpha value is -7.08. The van der Waals surface area contributed by atoms with Crippen molar-refractivity contribution in [2.45, 2.75) is 299 Å². The van der Waals surface area contributed by atoms with Gasteiger partial charge < -0.3 is 38.6 Å². The molecule has 100 heavy (non-hydrogen) atoms. The summed E-state index contributed by atoms with van der Waals surface area (Å²) in [6.45, 7) is 38.6. The van der Waals surface area contributed by atoms with E-state index in [-0.39, 0.29) is 81.5 Å². The number of ether oxygens (including phenoxy) is 6. The Morgan fingerprint density at radius 1 is 0.450 bits per heavy atom. The molecule has 4 aliphatic carbocycles. The second-order valence-electron chi connectivity index (χ2n) is 32.2. The van der Waals surface area contributed by atoms with Crippen LogP contribution in [-0.2, 0) is 44.9 Å². The topological polar surface area (TPSA) is 164 Å². The van der Waals surface area contributed by atoms with Gasteiger partial charge in [0.2, 0.25) is 0 Å². The Morgan fingerprint density at radius 3 is 1.05 bits per heavy atom. The zero-order chi connectivity index (χ0) is 72.3. The van der Waals surface area contributed by atoms with Crippen LogP contribution >= 0.6 is 0 Å². The van der Waals surface area contributed by atoms with E-state index in [9.17, 15) is 29.4 Å². The van der Waals surface area contributed by atoms with Gasteiger partial charge in [0.1, 0.15) is 57.2 Å². The molecule has 544 valence electrons. The van der Waals surface area contributed by atoms with Crippen LogP contribution in [0.1, 0.15) is 306 Å². The number of aryl methyl sites for hydroxylation is 4. The van der Waals surface area contributed by atoms with Gasteiger partial charge in [0.05, 0.1) is 0 Å². The van der Waals surface area contributed by atoms with Gasteiger partial charge in [-0.2, -0.15) is 0 Å². The van der Waals surface area contributed by atoms with Gasteiger partial charge in [-0.15, -0.1) is 0 Å². The first-order chi connectivity index (χ1) is 47.6. The molecular weight excluding hydrogens is 1250 g/mol. The standard InChI is InChI=1S/2C44H60O6/c2*1-9-11-13-15-30-23-36(45)40(33-21-28(5)17-19-32(33)27(3)4)37(24-30)48-42(46)43(47)49-38-25-31(16-14-12-10-2)26-39-41(38)34-22-29(6)18-20-35(34)44(7,8)50-39/h2*21,23-26,29,32-35,45H,3,9-20,22H2,1-2,4-8H3/t29-,32+,33-,34+,35+;29-,32-,33+,34-,35-/m10/s1. The molecule has 0 aromatic heterocycles. The van der Waals surface area contributed by atoms with Crippen molar-refractivity contribution in [3.63, 3.8) is 0 Å². The second kappa shape index (κ2) is 34.3. The van der Waals surface area contributed by atoms with E-state index in [1.807, 2.05) is 38.1 Å². The van der Waals surface area contributed by atoms with Crippen molar-refractivity contribution in [2.24, 2.45) is 35.5 Å². The molecule has 0 saturated heterocycles. The average molecular weight is 1370 g/mol. The third kappa shape index (κ3) is 18.6. The van der Waals surface area contributed by atoms with Gasteiger partial charge in [-0.05, 0) is 264 Å². The van der Waals surface area contributed by atoms with Crippen LogP contribution in [0.5, 0.6) is 46.0 Å². The quantitative estimate of drug-likeness (QED) is 0.0225. The number of benzene rings is 4. The maximum atomic E-state index is 13.8. The lowest BCUT2D eigenvalue weighted by atomic mass is 9.64. The SMILES string of the molecule is C=C(C)[C@@H]1CCC(C)=C[C@H]1c1c(O)cc(CCCCC)cc1OC(=O)C(=O)Oc1cc(CCCCC)cc2c1[C@H]1C[C@@H](C)CC[C@@H]1C(C)(C)O2.C=C(C)[C@@H]1CCC(C)=C[C@H]1c1c(O)cc(CCCCC)cc1OC(=O)C(=O)Oc1cc(CCCCC)cc2c1[C@H]1C[C@H](C)CC[C@@H]1C(C)(C)O2. The van der Waals surface area contributed by atoms with Crippen molar-refractivity contribution in [1.29, 1.82) is 0 Å². The van der Waals surface area contributed by atoms with Crippen molar-refractivity contribution in [1.82, 2.24) is 0 Å². The van der Waals surface area contributed by atoms with E-state index in [0.717, 1.165) is 223 Å². The average Bonchev–Trinajstić information content (AvgIpc) is 0.746. The Bertz CT molecular complexity index is 3430. The van der Waals surface area contributed by atoms with E-state index in [1.165, 1.54) is 11.1 Å². The number of hydrogen-bond acceptors (Lipinski definition) is 12. The molecular formula is C88H120O12. The summed E-state index contributed by atoms with van der Waals surface area (Å²) >= 11 is 0. The number of allylic oxidation sites excluding steroid dienone is 6. The number of aromatic hydroxyl groups is 2. The molecule has 0 bridgehead atoms. The van der Waals surface area contributed by atoms with Gasteiger partial charge in [-0.3, -0.25) is 0 Å². The number of hydrogen-bond donors (Lipinski definition) is 2. The zero-order valence-corrected chi connectivity index (χ0v) is 63.3. The van der Waals surface area contributed by atoms with Crippen LogP contribution in [0.2, 0.25) is 0 Å². The van der Waals surface area contributed by atoms with Gasteiger partial charge in [-0.25, -0.2) is 19.2 Å². The maximum Gasteiger partial charge on any atom is 0.423 e. The Kier molecular flexibility index (Phi) is 26.4. The van der Waals surface area contributed by atoms with Crippen LogP contribution in [-0.4, -0.2) is 45.3 Å². The maximum absolute atomic E-state index is 13.8. The van der Waals surface area contributed by atoms with Crippen molar-refractivity contribution < 1.29 is 57.8 Å². The molecule has 2 fully saturated rings. The summed E-state index contributed by atoms with van der Waals surface area (Å²) in [6, 6.07) is 15.3. The number of fused-ring (bicyclic) bond motifs is 6. The molecule has 2 heterocycles. The molecule has 12 heteroatoms. The molecule has 0 amide bonds. The molecule has 4 aromatic carbocycles. The summed E-state index contributed by atoms with van der Waals surface area (Å²) in [6.07, 6.45) is 29.9. The first-order valence-electron chi connectivity index (χ1n) is 38.6. The summed E-state index contributed by atoms with van der Waals surface area (Å²) in [5.74, 6) is 0.135. The lowest BCUT2D eigenvalue weighted by Gasteiger charge is -2.49. The Labute approximate surface area is 599 Å². The van der Waals surface area contributed by atoms with E-state index in [2.05, 4.69) is 121 Å². The number of carbonyl (C=O) groups excluding carboxylic acids is 4. The van der Waals surface area contributed by atoms with Crippen LogP contribution in [0.15, 0.2) is 96.1 Å². The molecule has 2 N–H and O–H groups in total. The molecule has 10 atom stereocenters. The number of carbonyl (C=O) groups is 4. The summed E-state index contributed by atoms with van der Waals surface area (Å²) in [5, 5.41) is 23.0. The number of phenols is 2. The summed E-state index contributed by atoms with van der Waals surface area (Å²) in [4.78, 5) is 55.1. The van der Waals surface area contributed by atoms with Crippen molar-refractivity contribution in [3.8, 4) is 46.0 Å². The molecule has 0 radical (unpaired) electrons. The van der Waals surface area contributed by atoms with Crippen molar-refractivity contribution >= 4 is 23.9 Å². The third-order valence-electron chi connectivity index (χ3n) is 23.0. The molecule has 2 saturated carbocycles. The van der Waals surface area contributed by atoms with Gasteiger partial charge in [-0.1, -0.05) is 153 Å². The van der Waals surface area contributed by atoms with Crippen LogP contribution in [0, 0.1) is 35.5 Å². The minimum atomic E-state index is -1.10. The number of rotatable bonds is 24. The Morgan fingerprint density at radius 2 is 0.750 bits per heavy atom. The highest BCUT2D eigenvalue weighted by Gasteiger charge is 2.50. The van der Waals surface area contributed by atoms with E-state index in [0.29, 0.717) is 34.5 Å². The fourth-order valence-electron chi connectivity index (χ4n) is 17.6. The van der Waals surface area contributed by atoms with Crippen LogP contribution in [0.4, 0.5) is 0 Å². The number of esters is 4. The fourth-order valence-corrected chi connectivity index (χ4v) is 17.6. The summed E-state index contributed by atoms with van der Waals surface area (Å²) in [7, 11) is 0. The molecule has 4 aromatic rings. The van der Waals surface area contributed by atoms with Gasteiger partial charge in [0.25, 0.3) is 0 Å².